The van der Waals surface area contributed by atoms with E-state index in [1.807, 2.05) is 0 Å². The van der Waals surface area contributed by atoms with E-state index in [-0.39, 0.29) is 16.0 Å². The molecule has 0 saturated carbocycles. The second-order valence-corrected chi connectivity index (χ2v) is 12.8. The van der Waals surface area contributed by atoms with Gasteiger partial charge in [-0.1, -0.05) is 12.8 Å². The van der Waals surface area contributed by atoms with Crippen molar-refractivity contribution in [1.82, 2.24) is 14.5 Å². The van der Waals surface area contributed by atoms with Crippen LogP contribution in [0, 0.1) is 0 Å². The SMILES string of the molecule is COC(=O)NC(=O)c1c(NC(=O)c2ccc(S(=O)(=O)N3CCCCCC3)cc2)sc2c1CCN(C(C)C)C2. The number of imide groups is 1. The molecule has 0 bridgehead atoms. The smallest absolute Gasteiger partial charge is 0.413 e. The summed E-state index contributed by atoms with van der Waals surface area (Å²) in [7, 11) is -2.46. The van der Waals surface area contributed by atoms with Crippen LogP contribution >= 0.6 is 11.3 Å². The molecule has 2 aromatic rings. The maximum Gasteiger partial charge on any atom is 0.413 e. The van der Waals surface area contributed by atoms with Crippen molar-refractivity contribution < 1.29 is 27.5 Å². The number of alkyl carbamates (subject to hydrolysis) is 1. The van der Waals surface area contributed by atoms with E-state index in [4.69, 9.17) is 0 Å². The van der Waals surface area contributed by atoms with Crippen LogP contribution in [0.25, 0.3) is 0 Å². The molecule has 3 heterocycles. The maximum atomic E-state index is 13.2. The molecule has 12 heteroatoms. The number of nitrogens with zero attached hydrogens (tertiary/aromatic N) is 2. The van der Waals surface area contributed by atoms with Gasteiger partial charge in [-0.2, -0.15) is 4.31 Å². The molecule has 3 amide bonds. The fourth-order valence-electron chi connectivity index (χ4n) is 4.78. The molecule has 0 unspecified atom stereocenters. The van der Waals surface area contributed by atoms with Crippen molar-refractivity contribution in [2.45, 2.75) is 63.4 Å². The number of hydrogen-bond donors (Lipinski definition) is 2. The number of sulfonamides is 1. The second kappa shape index (κ2) is 11.9. The first kappa shape index (κ1) is 28.2. The summed E-state index contributed by atoms with van der Waals surface area (Å²) >= 11 is 1.31. The number of hydrogen-bond acceptors (Lipinski definition) is 8. The molecule has 0 aliphatic carbocycles. The molecule has 1 aromatic carbocycles. The Bertz CT molecular complexity index is 1300. The molecule has 2 N–H and O–H groups in total. The minimum Gasteiger partial charge on any atom is -0.453 e. The lowest BCUT2D eigenvalue weighted by atomic mass is 10.0. The second-order valence-electron chi connectivity index (χ2n) is 9.76. The van der Waals surface area contributed by atoms with Crippen LogP contribution in [-0.4, -0.2) is 68.3 Å². The normalized spacial score (nSPS) is 16.9. The highest BCUT2D eigenvalue weighted by molar-refractivity contribution is 7.89. The monoisotopic (exact) mass is 562 g/mol. The first-order valence-electron chi connectivity index (χ1n) is 12.8. The number of benzene rings is 1. The van der Waals surface area contributed by atoms with Crippen molar-refractivity contribution in [2.75, 3.05) is 32.1 Å². The van der Waals surface area contributed by atoms with Gasteiger partial charge in [0.05, 0.1) is 17.6 Å². The summed E-state index contributed by atoms with van der Waals surface area (Å²) in [5, 5.41) is 5.36. The zero-order chi connectivity index (χ0) is 27.4. The van der Waals surface area contributed by atoms with Gasteiger partial charge in [-0.3, -0.25) is 19.8 Å². The van der Waals surface area contributed by atoms with Crippen molar-refractivity contribution in [3.05, 3.63) is 45.8 Å². The average Bonchev–Trinajstić information content (AvgIpc) is 3.04. The summed E-state index contributed by atoms with van der Waals surface area (Å²) in [5.74, 6) is -1.11. The fraction of sp³-hybridized carbons (Fsp3) is 0.500. The Hall–Kier alpha value is -2.80. The number of fused-ring (bicyclic) bond motifs is 1. The minimum atomic E-state index is -3.63. The van der Waals surface area contributed by atoms with Crippen LogP contribution in [0.4, 0.5) is 9.80 Å². The van der Waals surface area contributed by atoms with Crippen LogP contribution < -0.4 is 10.6 Å². The fourth-order valence-corrected chi connectivity index (χ4v) is 7.57. The number of methoxy groups -OCH3 is 1. The standard InChI is InChI=1S/C26H34N4O6S2/c1-17(2)29-15-12-20-21(16-29)37-25(22(20)24(32)28-26(33)36-3)27-23(31)18-8-10-19(11-9-18)38(34,35)30-13-6-4-5-7-14-30/h8-11,17H,4-7,12-16H2,1-3H3,(H,27,31)(H,28,32,33). The third-order valence-electron chi connectivity index (χ3n) is 6.99. The van der Waals surface area contributed by atoms with Gasteiger partial charge < -0.3 is 10.1 Å². The number of amides is 3. The van der Waals surface area contributed by atoms with E-state index in [0.29, 0.717) is 37.1 Å². The Labute approximate surface area is 227 Å². The number of thiophene rings is 1. The topological polar surface area (TPSA) is 125 Å². The third-order valence-corrected chi connectivity index (χ3v) is 10.0. The predicted molar refractivity (Wildman–Crippen MR) is 145 cm³/mol. The Balaban J connectivity index is 1.57. The average molecular weight is 563 g/mol. The van der Waals surface area contributed by atoms with E-state index < -0.39 is 27.9 Å². The molecule has 10 nitrogen and oxygen atoms in total. The van der Waals surface area contributed by atoms with Crippen LogP contribution in [0.15, 0.2) is 29.2 Å². The maximum absolute atomic E-state index is 13.2. The van der Waals surface area contributed by atoms with Gasteiger partial charge in [-0.05, 0) is 62.9 Å². The minimum absolute atomic E-state index is 0.148. The predicted octanol–water partition coefficient (Wildman–Crippen LogP) is 3.83. The lowest BCUT2D eigenvalue weighted by molar-refractivity contribution is 0.0936. The zero-order valence-electron chi connectivity index (χ0n) is 21.9. The van der Waals surface area contributed by atoms with E-state index in [1.54, 1.807) is 0 Å². The first-order chi connectivity index (χ1) is 18.1. The molecule has 1 saturated heterocycles. The molecule has 0 radical (unpaired) electrons. The summed E-state index contributed by atoms with van der Waals surface area (Å²) in [6.45, 7) is 6.58. The van der Waals surface area contributed by atoms with Crippen LogP contribution in [0.5, 0.6) is 0 Å². The Morgan fingerprint density at radius 3 is 2.24 bits per heavy atom. The van der Waals surface area contributed by atoms with Gasteiger partial charge >= 0.3 is 6.09 Å². The van der Waals surface area contributed by atoms with E-state index in [1.165, 1.54) is 47.0 Å². The molecule has 2 aliphatic heterocycles. The Morgan fingerprint density at radius 2 is 1.63 bits per heavy atom. The van der Waals surface area contributed by atoms with Crippen LogP contribution in [-0.2, 0) is 27.7 Å². The molecule has 2 aliphatic rings. The summed E-state index contributed by atoms with van der Waals surface area (Å²) in [6, 6.07) is 6.16. The number of carbonyl (C=O) groups is 3. The first-order valence-corrected chi connectivity index (χ1v) is 15.1. The van der Waals surface area contributed by atoms with Gasteiger partial charge in [0, 0.05) is 42.7 Å². The van der Waals surface area contributed by atoms with Crippen molar-refractivity contribution in [1.29, 1.82) is 0 Å². The van der Waals surface area contributed by atoms with Crippen molar-refractivity contribution in [2.24, 2.45) is 0 Å². The lowest BCUT2D eigenvalue weighted by Crippen LogP contribution is -2.36. The zero-order valence-corrected chi connectivity index (χ0v) is 23.5. The summed E-state index contributed by atoms with van der Waals surface area (Å²) in [5.41, 5.74) is 1.32. The highest BCUT2D eigenvalue weighted by atomic mass is 32.2. The summed E-state index contributed by atoms with van der Waals surface area (Å²) in [6.07, 6.45) is 3.44. The molecular weight excluding hydrogens is 528 g/mol. The van der Waals surface area contributed by atoms with Crippen molar-refractivity contribution in [3.8, 4) is 0 Å². The largest absolute Gasteiger partial charge is 0.453 e. The van der Waals surface area contributed by atoms with Crippen molar-refractivity contribution >= 4 is 44.3 Å². The van der Waals surface area contributed by atoms with Gasteiger partial charge in [-0.15, -0.1) is 11.3 Å². The van der Waals surface area contributed by atoms with Gasteiger partial charge in [0.15, 0.2) is 0 Å². The summed E-state index contributed by atoms with van der Waals surface area (Å²) in [4.78, 5) is 41.3. The highest BCUT2D eigenvalue weighted by Crippen LogP contribution is 2.38. The number of rotatable bonds is 6. The molecule has 0 atom stereocenters. The Kier molecular flexibility index (Phi) is 8.86. The number of nitrogens with one attached hydrogen (secondary N) is 2. The molecular formula is C26H34N4O6S2. The quantitative estimate of drug-likeness (QED) is 0.548. The van der Waals surface area contributed by atoms with Crippen LogP contribution in [0.1, 0.15) is 70.7 Å². The van der Waals surface area contributed by atoms with Gasteiger partial charge in [0.2, 0.25) is 10.0 Å². The van der Waals surface area contributed by atoms with E-state index in [0.717, 1.165) is 42.7 Å². The molecule has 1 aromatic heterocycles. The molecule has 1 fully saturated rings. The highest BCUT2D eigenvalue weighted by Gasteiger charge is 2.31. The van der Waals surface area contributed by atoms with Crippen molar-refractivity contribution in [3.63, 3.8) is 0 Å². The van der Waals surface area contributed by atoms with Gasteiger partial charge in [0.25, 0.3) is 11.8 Å². The lowest BCUT2D eigenvalue weighted by Gasteiger charge is -2.30. The van der Waals surface area contributed by atoms with E-state index >= 15 is 0 Å². The van der Waals surface area contributed by atoms with Crippen LogP contribution in [0.2, 0.25) is 0 Å². The van der Waals surface area contributed by atoms with Crippen LogP contribution in [0.3, 0.4) is 0 Å². The molecule has 206 valence electrons. The van der Waals surface area contributed by atoms with E-state index in [9.17, 15) is 22.8 Å². The van der Waals surface area contributed by atoms with E-state index in [2.05, 4.69) is 34.1 Å². The summed E-state index contributed by atoms with van der Waals surface area (Å²) < 4.78 is 32.2. The van der Waals surface area contributed by atoms with Gasteiger partial charge in [-0.25, -0.2) is 13.2 Å². The third kappa shape index (κ3) is 6.09. The number of anilines is 1. The molecule has 0 spiro atoms. The molecule has 4 rings (SSSR count). The number of ether oxygens (including phenoxy) is 1. The number of carbonyl (C=O) groups excluding carboxylic acids is 3. The molecule has 38 heavy (non-hydrogen) atoms. The van der Waals surface area contributed by atoms with Gasteiger partial charge in [0.1, 0.15) is 5.00 Å². The Morgan fingerprint density at radius 1 is 0.974 bits per heavy atom.